The Bertz CT molecular complexity index is 1010. The molecule has 1 amide bonds. The van der Waals surface area contributed by atoms with E-state index in [0.717, 1.165) is 16.1 Å². The highest BCUT2D eigenvalue weighted by atomic mass is 35.5. The minimum atomic E-state index is -3.74. The summed E-state index contributed by atoms with van der Waals surface area (Å²) >= 11 is 6.10. The van der Waals surface area contributed by atoms with Gasteiger partial charge in [0.1, 0.15) is 6.04 Å². The van der Waals surface area contributed by atoms with E-state index in [-0.39, 0.29) is 16.3 Å². The number of anilines is 2. The zero-order valence-electron chi connectivity index (χ0n) is 15.9. The molecule has 150 valence electrons. The van der Waals surface area contributed by atoms with Crippen molar-refractivity contribution in [3.63, 3.8) is 0 Å². The Morgan fingerprint density at radius 2 is 1.86 bits per heavy atom. The lowest BCUT2D eigenvalue weighted by Gasteiger charge is -2.28. The van der Waals surface area contributed by atoms with E-state index in [9.17, 15) is 18.0 Å². The lowest BCUT2D eigenvalue weighted by Crippen LogP contribution is -2.45. The average molecular weight is 425 g/mol. The van der Waals surface area contributed by atoms with Crippen molar-refractivity contribution in [1.29, 1.82) is 0 Å². The van der Waals surface area contributed by atoms with Gasteiger partial charge in [-0.3, -0.25) is 9.10 Å². The Morgan fingerprint density at radius 3 is 2.43 bits per heavy atom. The van der Waals surface area contributed by atoms with Gasteiger partial charge in [0.15, 0.2) is 0 Å². The van der Waals surface area contributed by atoms with Crippen LogP contribution in [-0.4, -0.2) is 39.7 Å². The van der Waals surface area contributed by atoms with Gasteiger partial charge in [0.05, 0.1) is 35.3 Å². The maximum absolute atomic E-state index is 12.8. The van der Waals surface area contributed by atoms with Crippen LogP contribution in [-0.2, 0) is 19.6 Å². The number of amides is 1. The van der Waals surface area contributed by atoms with Gasteiger partial charge >= 0.3 is 5.97 Å². The number of ether oxygens (including phenoxy) is 1. The predicted molar refractivity (Wildman–Crippen MR) is 109 cm³/mol. The van der Waals surface area contributed by atoms with Crippen LogP contribution in [0.2, 0.25) is 5.02 Å². The first-order chi connectivity index (χ1) is 13.0. The van der Waals surface area contributed by atoms with Crippen molar-refractivity contribution < 1.29 is 22.7 Å². The number of hydrogen-bond donors (Lipinski definition) is 1. The normalized spacial score (nSPS) is 12.2. The fourth-order valence-electron chi connectivity index (χ4n) is 2.68. The summed E-state index contributed by atoms with van der Waals surface area (Å²) in [6.45, 7) is 3.30. The van der Waals surface area contributed by atoms with Gasteiger partial charge < -0.3 is 10.1 Å². The molecule has 0 aliphatic heterocycles. The van der Waals surface area contributed by atoms with Crippen LogP contribution in [0.1, 0.15) is 22.8 Å². The second-order valence-electron chi connectivity index (χ2n) is 6.25. The highest BCUT2D eigenvalue weighted by molar-refractivity contribution is 7.92. The Labute approximate surface area is 169 Å². The van der Waals surface area contributed by atoms with Gasteiger partial charge in [-0.05, 0) is 49.7 Å². The first kappa shape index (κ1) is 21.7. The van der Waals surface area contributed by atoms with Crippen LogP contribution in [0.4, 0.5) is 11.4 Å². The first-order valence-corrected chi connectivity index (χ1v) is 10.5. The molecule has 1 N–H and O–H groups in total. The first-order valence-electron chi connectivity index (χ1n) is 8.29. The van der Waals surface area contributed by atoms with Gasteiger partial charge in [0.25, 0.3) is 0 Å². The van der Waals surface area contributed by atoms with E-state index >= 15 is 0 Å². The molecule has 0 radical (unpaired) electrons. The number of aryl methyl sites for hydroxylation is 1. The van der Waals surface area contributed by atoms with Crippen molar-refractivity contribution in [2.45, 2.75) is 19.9 Å². The number of nitrogens with zero attached hydrogens (tertiary/aromatic N) is 1. The van der Waals surface area contributed by atoms with Gasteiger partial charge in [-0.2, -0.15) is 0 Å². The third-order valence-electron chi connectivity index (χ3n) is 3.99. The van der Waals surface area contributed by atoms with Crippen molar-refractivity contribution in [2.75, 3.05) is 23.0 Å². The van der Waals surface area contributed by atoms with Crippen LogP contribution in [0.15, 0.2) is 42.5 Å². The zero-order valence-corrected chi connectivity index (χ0v) is 17.5. The monoisotopic (exact) mass is 424 g/mol. The lowest BCUT2D eigenvalue weighted by molar-refractivity contribution is -0.116. The number of hydrogen-bond acceptors (Lipinski definition) is 5. The minimum Gasteiger partial charge on any atom is -0.465 e. The maximum atomic E-state index is 12.8. The van der Waals surface area contributed by atoms with Gasteiger partial charge in [0.2, 0.25) is 15.9 Å². The zero-order chi connectivity index (χ0) is 21.1. The lowest BCUT2D eigenvalue weighted by atomic mass is 10.2. The number of halogens is 1. The third kappa shape index (κ3) is 5.02. The number of methoxy groups -OCH3 is 1. The van der Waals surface area contributed by atoms with Crippen molar-refractivity contribution >= 4 is 44.9 Å². The number of sulfonamides is 1. The molecular weight excluding hydrogens is 404 g/mol. The molecule has 0 fully saturated rings. The predicted octanol–water partition coefficient (Wildman–Crippen LogP) is 3.23. The number of carbonyl (C=O) groups excluding carboxylic acids is 2. The topological polar surface area (TPSA) is 92.8 Å². The summed E-state index contributed by atoms with van der Waals surface area (Å²) in [6.07, 6.45) is 1.03. The second kappa shape index (κ2) is 8.62. The molecule has 0 saturated carbocycles. The van der Waals surface area contributed by atoms with Crippen LogP contribution in [0.5, 0.6) is 0 Å². The van der Waals surface area contributed by atoms with Crippen LogP contribution in [0, 0.1) is 6.92 Å². The molecule has 0 saturated heterocycles. The molecule has 0 heterocycles. The van der Waals surface area contributed by atoms with E-state index < -0.39 is 27.9 Å². The quantitative estimate of drug-likeness (QED) is 0.718. The molecule has 1 unspecified atom stereocenters. The van der Waals surface area contributed by atoms with E-state index in [1.54, 1.807) is 18.2 Å². The summed E-state index contributed by atoms with van der Waals surface area (Å²) in [5.41, 5.74) is 1.61. The molecule has 0 bridgehead atoms. The summed E-state index contributed by atoms with van der Waals surface area (Å²) in [6, 6.07) is 10.0. The molecule has 0 aliphatic carbocycles. The summed E-state index contributed by atoms with van der Waals surface area (Å²) in [7, 11) is -2.50. The van der Waals surface area contributed by atoms with Gasteiger partial charge in [-0.25, -0.2) is 13.2 Å². The van der Waals surface area contributed by atoms with Crippen LogP contribution >= 0.6 is 11.6 Å². The van der Waals surface area contributed by atoms with Crippen molar-refractivity contribution in [3.05, 3.63) is 58.6 Å². The number of benzene rings is 2. The van der Waals surface area contributed by atoms with Gasteiger partial charge in [-0.15, -0.1) is 0 Å². The number of carbonyl (C=O) groups is 2. The SMILES string of the molecule is COC(=O)c1ccc(Cl)c(NC(=O)C(C)N(c2cccc(C)c2)S(C)(=O)=O)c1. The molecular formula is C19H21ClN2O5S. The molecule has 7 nitrogen and oxygen atoms in total. The summed E-state index contributed by atoms with van der Waals surface area (Å²) in [5.74, 6) is -1.19. The van der Waals surface area contributed by atoms with E-state index in [0.29, 0.717) is 5.69 Å². The molecule has 9 heteroatoms. The Kier molecular flexibility index (Phi) is 6.69. The van der Waals surface area contributed by atoms with Crippen LogP contribution in [0.3, 0.4) is 0 Å². The van der Waals surface area contributed by atoms with E-state index in [4.69, 9.17) is 11.6 Å². The molecule has 0 aliphatic rings. The smallest absolute Gasteiger partial charge is 0.337 e. The van der Waals surface area contributed by atoms with Crippen molar-refractivity contribution in [1.82, 2.24) is 0 Å². The molecule has 28 heavy (non-hydrogen) atoms. The molecule has 0 aromatic heterocycles. The Balaban J connectivity index is 2.35. The molecule has 2 aromatic carbocycles. The fraction of sp³-hybridized carbons (Fsp3) is 0.263. The van der Waals surface area contributed by atoms with Crippen molar-refractivity contribution in [3.8, 4) is 0 Å². The van der Waals surface area contributed by atoms with Gasteiger partial charge in [-0.1, -0.05) is 23.7 Å². The number of esters is 1. The van der Waals surface area contributed by atoms with E-state index in [2.05, 4.69) is 10.1 Å². The molecule has 2 aromatic rings. The number of rotatable bonds is 6. The summed E-state index contributed by atoms with van der Waals surface area (Å²) < 4.78 is 30.4. The van der Waals surface area contributed by atoms with Gasteiger partial charge in [0, 0.05) is 0 Å². The van der Waals surface area contributed by atoms with E-state index in [1.165, 1.54) is 32.2 Å². The number of nitrogens with one attached hydrogen (secondary N) is 1. The Hall–Kier alpha value is -2.58. The highest BCUT2D eigenvalue weighted by Gasteiger charge is 2.29. The van der Waals surface area contributed by atoms with Crippen LogP contribution < -0.4 is 9.62 Å². The maximum Gasteiger partial charge on any atom is 0.337 e. The fourth-order valence-corrected chi connectivity index (χ4v) is 4.01. The highest BCUT2D eigenvalue weighted by Crippen LogP contribution is 2.26. The van der Waals surface area contributed by atoms with Crippen molar-refractivity contribution in [2.24, 2.45) is 0 Å². The van der Waals surface area contributed by atoms with Crippen LogP contribution in [0.25, 0.3) is 0 Å². The molecule has 1 atom stereocenters. The standard InChI is InChI=1S/C19H21ClN2O5S/c1-12-6-5-7-15(10-12)22(28(4,25)26)13(2)18(23)21-17-11-14(19(24)27-3)8-9-16(17)20/h5-11,13H,1-4H3,(H,21,23). The third-order valence-corrected chi connectivity index (χ3v) is 5.56. The Morgan fingerprint density at radius 1 is 1.18 bits per heavy atom. The largest absolute Gasteiger partial charge is 0.465 e. The second-order valence-corrected chi connectivity index (χ2v) is 8.52. The van der Waals surface area contributed by atoms with E-state index in [1.807, 2.05) is 13.0 Å². The summed E-state index contributed by atoms with van der Waals surface area (Å²) in [4.78, 5) is 24.5. The minimum absolute atomic E-state index is 0.180. The molecule has 0 spiro atoms. The summed E-state index contributed by atoms with van der Waals surface area (Å²) in [5, 5.41) is 2.78. The average Bonchev–Trinajstić information content (AvgIpc) is 2.61. The molecule has 2 rings (SSSR count).